The van der Waals surface area contributed by atoms with Gasteiger partial charge in [-0.1, -0.05) is 49.7 Å². The van der Waals surface area contributed by atoms with Crippen LogP contribution in [0.1, 0.15) is 31.2 Å². The summed E-state index contributed by atoms with van der Waals surface area (Å²) in [5, 5.41) is 9.25. The van der Waals surface area contributed by atoms with Gasteiger partial charge in [-0.05, 0) is 52.9 Å². The summed E-state index contributed by atoms with van der Waals surface area (Å²) in [6, 6.07) is 14.5. The van der Waals surface area contributed by atoms with E-state index in [-0.39, 0.29) is 30.4 Å². The van der Waals surface area contributed by atoms with Crippen LogP contribution >= 0.6 is 0 Å². The van der Waals surface area contributed by atoms with E-state index in [0.717, 1.165) is 18.4 Å². The summed E-state index contributed by atoms with van der Waals surface area (Å²) in [5.74, 6) is -2.95. The fraction of sp³-hybridized carbons (Fsp3) is 0.259. The Labute approximate surface area is 196 Å². The zero-order chi connectivity index (χ0) is 24.1. The van der Waals surface area contributed by atoms with Gasteiger partial charge in [0.15, 0.2) is 11.6 Å². The number of ether oxygens (including phenoxy) is 3. The van der Waals surface area contributed by atoms with Crippen molar-refractivity contribution < 1.29 is 32.5 Å². The second kappa shape index (κ2) is 10.9. The van der Waals surface area contributed by atoms with Crippen LogP contribution in [0.2, 0.25) is 0 Å². The number of allylic oxidation sites excluding steroid dienone is 1. The maximum Gasteiger partial charge on any atom is 0.269 e. The molecule has 7 heteroatoms. The lowest BCUT2D eigenvalue weighted by atomic mass is 9.95. The highest BCUT2D eigenvalue weighted by Crippen LogP contribution is 2.33. The van der Waals surface area contributed by atoms with Crippen LogP contribution in [0, 0.1) is 17.5 Å². The molecule has 1 aliphatic rings. The van der Waals surface area contributed by atoms with Crippen LogP contribution in [0.15, 0.2) is 66.9 Å². The lowest BCUT2D eigenvalue weighted by molar-refractivity contribution is -0.293. The Morgan fingerprint density at radius 1 is 0.912 bits per heavy atom. The van der Waals surface area contributed by atoms with Crippen LogP contribution in [0.4, 0.5) is 13.2 Å². The first-order valence-electron chi connectivity index (χ1n) is 11.1. The summed E-state index contributed by atoms with van der Waals surface area (Å²) < 4.78 is 59.1. The maximum absolute atomic E-state index is 14.7. The van der Waals surface area contributed by atoms with E-state index in [1.165, 1.54) is 24.5 Å². The normalized spacial score (nSPS) is 18.4. The van der Waals surface area contributed by atoms with E-state index in [4.69, 9.17) is 14.2 Å². The molecule has 0 atom stereocenters. The molecule has 0 aromatic heterocycles. The van der Waals surface area contributed by atoms with Crippen molar-refractivity contribution in [1.29, 1.82) is 0 Å². The monoisotopic (exact) mass is 470 g/mol. The highest BCUT2D eigenvalue weighted by molar-refractivity contribution is 5.71. The zero-order valence-corrected chi connectivity index (χ0v) is 18.6. The van der Waals surface area contributed by atoms with E-state index >= 15 is 0 Å². The van der Waals surface area contributed by atoms with E-state index in [9.17, 15) is 18.3 Å². The van der Waals surface area contributed by atoms with Gasteiger partial charge in [-0.25, -0.2) is 8.78 Å². The predicted octanol–water partition coefficient (Wildman–Crippen LogP) is 6.54. The molecule has 0 spiro atoms. The lowest BCUT2D eigenvalue weighted by Gasteiger charge is -2.26. The van der Waals surface area contributed by atoms with Crippen LogP contribution in [0.3, 0.4) is 0 Å². The molecule has 1 aliphatic heterocycles. The Hall–Kier alpha value is -3.13. The van der Waals surface area contributed by atoms with Crippen LogP contribution in [0.25, 0.3) is 22.3 Å². The number of hydrogen-bond acceptors (Lipinski definition) is 4. The molecule has 0 radical (unpaired) electrons. The highest BCUT2D eigenvalue weighted by Gasteiger charge is 2.24. The summed E-state index contributed by atoms with van der Waals surface area (Å²) in [6.45, 7) is 1.05. The smallest absolute Gasteiger partial charge is 0.269 e. The van der Waals surface area contributed by atoms with Gasteiger partial charge in [-0.2, -0.15) is 4.39 Å². The van der Waals surface area contributed by atoms with Crippen molar-refractivity contribution in [3.63, 3.8) is 0 Å². The Morgan fingerprint density at radius 2 is 1.59 bits per heavy atom. The Bertz CT molecular complexity index is 1150. The largest absolute Gasteiger partial charge is 0.462 e. The predicted molar refractivity (Wildman–Crippen MR) is 123 cm³/mol. The quantitative estimate of drug-likeness (QED) is 0.399. The summed E-state index contributed by atoms with van der Waals surface area (Å²) in [7, 11) is 0. The molecule has 4 nitrogen and oxygen atoms in total. The first-order valence-corrected chi connectivity index (χ1v) is 11.1. The molecular weight excluding hydrogens is 445 g/mol. The SMILES string of the molecule is CCC/C=C\Oc1ccc(-c2ccc(-c3ccc(C4COC(O)OC4)c(F)c3)cc2)c(F)c1F. The third-order valence-corrected chi connectivity index (χ3v) is 5.64. The Kier molecular flexibility index (Phi) is 7.67. The van der Waals surface area contributed by atoms with Crippen LogP contribution in [0.5, 0.6) is 5.75 Å². The maximum atomic E-state index is 14.7. The molecule has 1 heterocycles. The highest BCUT2D eigenvalue weighted by atomic mass is 19.2. The number of unbranched alkanes of at least 4 members (excludes halogenated alkanes) is 1. The number of aliphatic hydroxyl groups is 1. The summed E-state index contributed by atoms with van der Waals surface area (Å²) >= 11 is 0. The zero-order valence-electron chi connectivity index (χ0n) is 18.6. The standard InChI is InChI=1S/C27H25F3O4/c1-2-3-4-13-32-24-12-11-22(25(29)26(24)30)18-7-5-17(6-8-18)19-9-10-21(23(28)14-19)20-15-33-27(31)34-16-20/h4-14,20,27,31H,2-3,15-16H2,1H3/b13-4-. The molecule has 1 fully saturated rings. The van der Waals surface area contributed by atoms with Gasteiger partial charge in [0.05, 0.1) is 19.5 Å². The Balaban J connectivity index is 1.51. The van der Waals surface area contributed by atoms with Crippen molar-refractivity contribution in [2.75, 3.05) is 13.2 Å². The van der Waals surface area contributed by atoms with Crippen molar-refractivity contribution >= 4 is 0 Å². The molecule has 3 aromatic carbocycles. The second-order valence-electron chi connectivity index (χ2n) is 8.00. The third kappa shape index (κ3) is 5.33. The fourth-order valence-corrected chi connectivity index (χ4v) is 3.75. The van der Waals surface area contributed by atoms with Crippen molar-refractivity contribution in [2.45, 2.75) is 32.2 Å². The molecule has 0 aliphatic carbocycles. The van der Waals surface area contributed by atoms with E-state index in [2.05, 4.69) is 0 Å². The summed E-state index contributed by atoms with van der Waals surface area (Å²) in [4.78, 5) is 0. The van der Waals surface area contributed by atoms with Crippen LogP contribution < -0.4 is 4.74 Å². The van der Waals surface area contributed by atoms with Gasteiger partial charge in [0.1, 0.15) is 5.82 Å². The number of benzene rings is 3. The van der Waals surface area contributed by atoms with E-state index in [1.807, 2.05) is 6.92 Å². The minimum Gasteiger partial charge on any atom is -0.462 e. The van der Waals surface area contributed by atoms with Gasteiger partial charge in [-0.3, -0.25) is 0 Å². The van der Waals surface area contributed by atoms with E-state index in [0.29, 0.717) is 16.7 Å². The molecular formula is C27H25F3O4. The van der Waals surface area contributed by atoms with Crippen LogP contribution in [-0.2, 0) is 9.47 Å². The van der Waals surface area contributed by atoms with Gasteiger partial charge >= 0.3 is 0 Å². The molecule has 34 heavy (non-hydrogen) atoms. The minimum absolute atomic E-state index is 0.106. The minimum atomic E-state index is -1.28. The third-order valence-electron chi connectivity index (χ3n) is 5.64. The second-order valence-corrected chi connectivity index (χ2v) is 8.00. The first kappa shape index (κ1) is 24.0. The van der Waals surface area contributed by atoms with Crippen molar-refractivity contribution in [3.05, 3.63) is 90.0 Å². The van der Waals surface area contributed by atoms with Gasteiger partial charge in [0.25, 0.3) is 6.48 Å². The van der Waals surface area contributed by atoms with E-state index in [1.54, 1.807) is 42.5 Å². The van der Waals surface area contributed by atoms with Crippen molar-refractivity contribution in [3.8, 4) is 28.0 Å². The summed E-state index contributed by atoms with van der Waals surface area (Å²) in [5.41, 5.74) is 2.40. The van der Waals surface area contributed by atoms with Gasteiger partial charge in [0, 0.05) is 11.5 Å². The number of halogens is 3. The molecule has 0 unspecified atom stereocenters. The summed E-state index contributed by atoms with van der Waals surface area (Å²) in [6.07, 6.45) is 4.82. The number of rotatable bonds is 7. The molecule has 0 bridgehead atoms. The molecule has 0 saturated carbocycles. The Morgan fingerprint density at radius 3 is 2.26 bits per heavy atom. The lowest BCUT2D eigenvalue weighted by Crippen LogP contribution is -2.30. The van der Waals surface area contributed by atoms with Gasteiger partial charge in [-0.15, -0.1) is 0 Å². The first-order chi connectivity index (χ1) is 16.5. The fourth-order valence-electron chi connectivity index (χ4n) is 3.75. The average molecular weight is 470 g/mol. The van der Waals surface area contributed by atoms with Gasteiger partial charge in [0.2, 0.25) is 5.82 Å². The number of hydrogen-bond donors (Lipinski definition) is 1. The molecule has 4 rings (SSSR count). The van der Waals surface area contributed by atoms with Crippen molar-refractivity contribution in [2.24, 2.45) is 0 Å². The number of aliphatic hydroxyl groups excluding tert-OH is 1. The van der Waals surface area contributed by atoms with Crippen LogP contribution in [-0.4, -0.2) is 24.8 Å². The molecule has 0 amide bonds. The molecule has 1 saturated heterocycles. The van der Waals surface area contributed by atoms with E-state index < -0.39 is 23.9 Å². The average Bonchev–Trinajstić information content (AvgIpc) is 2.85. The molecule has 1 N–H and O–H groups in total. The van der Waals surface area contributed by atoms with Gasteiger partial charge < -0.3 is 19.3 Å². The van der Waals surface area contributed by atoms with Crippen molar-refractivity contribution in [1.82, 2.24) is 0 Å². The topological polar surface area (TPSA) is 47.9 Å². The molecule has 178 valence electrons. The molecule has 3 aromatic rings.